The lowest BCUT2D eigenvalue weighted by Gasteiger charge is -2.18. The smallest absolute Gasteiger partial charge is 0.303 e. The number of nitrogens with one attached hydrogen (secondary N) is 1. The van der Waals surface area contributed by atoms with E-state index in [0.29, 0.717) is 24.1 Å². The number of sulfonamides is 1. The predicted octanol–water partition coefficient (Wildman–Crippen LogP) is 1.37. The summed E-state index contributed by atoms with van der Waals surface area (Å²) in [7, 11) is -2.05. The number of carbonyl (C=O) groups excluding carboxylic acids is 1. The largest absolute Gasteiger partial charge is 0.481 e. The van der Waals surface area contributed by atoms with Gasteiger partial charge in [0, 0.05) is 31.6 Å². The molecule has 1 aromatic carbocycles. The molecule has 0 heterocycles. The Balaban J connectivity index is 2.15. The molecule has 1 aliphatic carbocycles. The second-order valence-electron chi connectivity index (χ2n) is 6.10. The number of aliphatic carboxylic acids is 1. The molecule has 1 fully saturated rings. The van der Waals surface area contributed by atoms with Crippen LogP contribution in [0, 0.1) is 6.92 Å². The van der Waals surface area contributed by atoms with E-state index in [-0.39, 0.29) is 23.3 Å². The highest BCUT2D eigenvalue weighted by molar-refractivity contribution is 7.89. The van der Waals surface area contributed by atoms with Crippen LogP contribution in [-0.2, 0) is 14.8 Å². The molecule has 0 saturated heterocycles. The Bertz CT molecular complexity index is 741. The first kappa shape index (κ1) is 18.4. The highest BCUT2D eigenvalue weighted by Crippen LogP contribution is 2.23. The molecule has 1 amide bonds. The number of carboxylic acid groups (broad SMARTS) is 1. The third-order valence-electron chi connectivity index (χ3n) is 3.88. The van der Waals surface area contributed by atoms with Crippen LogP contribution >= 0.6 is 0 Å². The van der Waals surface area contributed by atoms with Crippen molar-refractivity contribution in [1.29, 1.82) is 0 Å². The van der Waals surface area contributed by atoms with Gasteiger partial charge in [-0.05, 0) is 43.9 Å². The second-order valence-corrected chi connectivity index (χ2v) is 7.81. The highest BCUT2D eigenvalue weighted by Gasteiger charge is 2.28. The van der Waals surface area contributed by atoms with Crippen molar-refractivity contribution in [2.75, 3.05) is 13.6 Å². The molecule has 2 N–H and O–H groups in total. The summed E-state index contributed by atoms with van der Waals surface area (Å²) in [5.74, 6) is -1.23. The fourth-order valence-electron chi connectivity index (χ4n) is 2.26. The molecular formula is C16H22N2O5S. The molecule has 1 saturated carbocycles. The van der Waals surface area contributed by atoms with E-state index in [0.717, 1.165) is 12.8 Å². The summed E-state index contributed by atoms with van der Waals surface area (Å²) >= 11 is 0. The second kappa shape index (κ2) is 7.31. The number of carbonyl (C=O) groups is 2. The average molecular weight is 354 g/mol. The van der Waals surface area contributed by atoms with Crippen LogP contribution in [0.3, 0.4) is 0 Å². The molecule has 0 bridgehead atoms. The van der Waals surface area contributed by atoms with Crippen LogP contribution in [-0.4, -0.2) is 49.9 Å². The summed E-state index contributed by atoms with van der Waals surface area (Å²) in [5.41, 5.74) is 0.988. The van der Waals surface area contributed by atoms with Crippen molar-refractivity contribution in [3.63, 3.8) is 0 Å². The Labute approximate surface area is 141 Å². The molecule has 0 radical (unpaired) electrons. The number of hydrogen-bond donors (Lipinski definition) is 2. The zero-order chi connectivity index (χ0) is 17.9. The van der Waals surface area contributed by atoms with Gasteiger partial charge in [-0.2, -0.15) is 0 Å². The third kappa shape index (κ3) is 4.78. The van der Waals surface area contributed by atoms with E-state index in [4.69, 9.17) is 5.11 Å². The van der Waals surface area contributed by atoms with E-state index < -0.39 is 16.0 Å². The van der Waals surface area contributed by atoms with E-state index in [1.54, 1.807) is 20.0 Å². The Hall–Kier alpha value is -1.93. The van der Waals surface area contributed by atoms with E-state index >= 15 is 0 Å². The summed E-state index contributed by atoms with van der Waals surface area (Å²) in [5, 5.41) is 8.65. The number of hydrogen-bond acceptors (Lipinski definition) is 4. The van der Waals surface area contributed by atoms with Crippen LogP contribution in [0.5, 0.6) is 0 Å². The first-order valence-electron chi connectivity index (χ1n) is 7.81. The minimum absolute atomic E-state index is 0.00542. The van der Waals surface area contributed by atoms with E-state index in [2.05, 4.69) is 4.72 Å². The molecular weight excluding hydrogens is 332 g/mol. The molecule has 0 aliphatic heterocycles. The van der Waals surface area contributed by atoms with Gasteiger partial charge in [0.2, 0.25) is 10.0 Å². The maximum atomic E-state index is 12.5. The quantitative estimate of drug-likeness (QED) is 0.734. The minimum atomic E-state index is -3.62. The van der Waals surface area contributed by atoms with Crippen molar-refractivity contribution in [1.82, 2.24) is 9.62 Å². The molecule has 0 atom stereocenters. The topological polar surface area (TPSA) is 104 Å². The van der Waals surface area contributed by atoms with Gasteiger partial charge in [0.1, 0.15) is 0 Å². The monoisotopic (exact) mass is 354 g/mol. The van der Waals surface area contributed by atoms with Crippen LogP contribution in [0.2, 0.25) is 0 Å². The molecule has 1 aliphatic rings. The zero-order valence-electron chi connectivity index (χ0n) is 13.8. The SMILES string of the molecule is Cc1ccc(S(=O)(=O)NC2CC2)cc1C(=O)N(C)CCCC(=O)O. The fraction of sp³-hybridized carbons (Fsp3) is 0.500. The number of nitrogens with zero attached hydrogens (tertiary/aromatic N) is 1. The van der Waals surface area contributed by atoms with Crippen molar-refractivity contribution >= 4 is 21.9 Å². The first-order chi connectivity index (χ1) is 11.2. The predicted molar refractivity (Wildman–Crippen MR) is 88.4 cm³/mol. The molecule has 0 unspecified atom stereocenters. The van der Waals surface area contributed by atoms with Gasteiger partial charge in [-0.1, -0.05) is 6.07 Å². The third-order valence-corrected chi connectivity index (χ3v) is 5.40. The van der Waals surface area contributed by atoms with Gasteiger partial charge in [0.25, 0.3) is 5.91 Å². The molecule has 0 aromatic heterocycles. The Morgan fingerprint density at radius 1 is 1.33 bits per heavy atom. The number of carboxylic acids is 1. The normalized spacial score (nSPS) is 14.4. The van der Waals surface area contributed by atoms with Crippen LogP contribution in [0.4, 0.5) is 0 Å². The van der Waals surface area contributed by atoms with E-state index in [1.807, 2.05) is 0 Å². The lowest BCUT2D eigenvalue weighted by Crippen LogP contribution is -2.30. The summed E-state index contributed by atoms with van der Waals surface area (Å²) in [6, 6.07) is 4.48. The number of amides is 1. The lowest BCUT2D eigenvalue weighted by molar-refractivity contribution is -0.137. The summed E-state index contributed by atoms with van der Waals surface area (Å²) in [6.45, 7) is 2.03. The van der Waals surface area contributed by atoms with Crippen LogP contribution in [0.25, 0.3) is 0 Å². The average Bonchev–Trinajstić information content (AvgIpc) is 3.29. The van der Waals surface area contributed by atoms with Gasteiger partial charge in [0.15, 0.2) is 0 Å². The van der Waals surface area contributed by atoms with Crippen molar-refractivity contribution in [3.8, 4) is 0 Å². The van der Waals surface area contributed by atoms with Crippen molar-refractivity contribution < 1.29 is 23.1 Å². The van der Waals surface area contributed by atoms with Crippen LogP contribution in [0.15, 0.2) is 23.1 Å². The molecule has 0 spiro atoms. The van der Waals surface area contributed by atoms with Gasteiger partial charge in [-0.25, -0.2) is 13.1 Å². The van der Waals surface area contributed by atoms with Gasteiger partial charge < -0.3 is 10.0 Å². The van der Waals surface area contributed by atoms with Crippen molar-refractivity contribution in [2.24, 2.45) is 0 Å². The summed E-state index contributed by atoms with van der Waals surface area (Å²) in [6.07, 6.45) is 2.00. The van der Waals surface area contributed by atoms with Crippen molar-refractivity contribution in [3.05, 3.63) is 29.3 Å². The van der Waals surface area contributed by atoms with Crippen LogP contribution < -0.4 is 4.72 Å². The summed E-state index contributed by atoms with van der Waals surface area (Å²) in [4.78, 5) is 24.5. The van der Waals surface area contributed by atoms with Gasteiger partial charge >= 0.3 is 5.97 Å². The molecule has 8 heteroatoms. The number of aryl methyl sites for hydroxylation is 1. The molecule has 2 rings (SSSR count). The van der Waals surface area contributed by atoms with Gasteiger partial charge in [0.05, 0.1) is 4.90 Å². The van der Waals surface area contributed by atoms with Gasteiger partial charge in [-0.3, -0.25) is 9.59 Å². The highest BCUT2D eigenvalue weighted by atomic mass is 32.2. The Morgan fingerprint density at radius 2 is 2.00 bits per heavy atom. The van der Waals surface area contributed by atoms with Crippen LogP contribution in [0.1, 0.15) is 41.6 Å². The maximum absolute atomic E-state index is 12.5. The molecule has 1 aromatic rings. The maximum Gasteiger partial charge on any atom is 0.303 e. The minimum Gasteiger partial charge on any atom is -0.481 e. The zero-order valence-corrected chi connectivity index (χ0v) is 14.6. The summed E-state index contributed by atoms with van der Waals surface area (Å²) < 4.78 is 27.2. The number of rotatable bonds is 8. The lowest BCUT2D eigenvalue weighted by atomic mass is 10.1. The standard InChI is InChI=1S/C16H22N2O5S/c1-11-5-8-13(24(22,23)17-12-6-7-12)10-14(11)16(21)18(2)9-3-4-15(19)20/h5,8,10,12,17H,3-4,6-7,9H2,1-2H3,(H,19,20). The first-order valence-corrected chi connectivity index (χ1v) is 9.29. The molecule has 24 heavy (non-hydrogen) atoms. The Morgan fingerprint density at radius 3 is 2.58 bits per heavy atom. The van der Waals surface area contributed by atoms with Gasteiger partial charge in [-0.15, -0.1) is 0 Å². The fourth-order valence-corrected chi connectivity index (χ4v) is 3.59. The molecule has 132 valence electrons. The van der Waals surface area contributed by atoms with E-state index in [9.17, 15) is 18.0 Å². The van der Waals surface area contributed by atoms with E-state index in [1.165, 1.54) is 17.0 Å². The molecule has 7 nitrogen and oxygen atoms in total. The Kier molecular flexibility index (Phi) is 5.61. The number of benzene rings is 1. The van der Waals surface area contributed by atoms with Crippen molar-refractivity contribution in [2.45, 2.75) is 43.5 Å².